The van der Waals surface area contributed by atoms with Gasteiger partial charge in [-0.05, 0) is 197 Å². The van der Waals surface area contributed by atoms with E-state index in [9.17, 15) is 14.4 Å². The number of nitrogens with two attached hydrogens (primary N) is 1. The van der Waals surface area contributed by atoms with Crippen LogP contribution in [-0.4, -0.2) is 97.4 Å². The van der Waals surface area contributed by atoms with Crippen molar-refractivity contribution in [2.45, 2.75) is 101 Å². The number of amides is 1. The lowest BCUT2D eigenvalue weighted by molar-refractivity contribution is 0.0659. The van der Waals surface area contributed by atoms with Gasteiger partial charge in [0, 0.05) is 69.3 Å². The van der Waals surface area contributed by atoms with Crippen molar-refractivity contribution >= 4 is 76.5 Å². The molecule has 4 aliphatic heterocycles. The molecule has 2 unspecified atom stereocenters. The summed E-state index contributed by atoms with van der Waals surface area (Å²) in [6, 6.07) is 28.8. The lowest BCUT2D eigenvalue weighted by atomic mass is 10.0. The van der Waals surface area contributed by atoms with Gasteiger partial charge in [-0.25, -0.2) is 14.8 Å². The summed E-state index contributed by atoms with van der Waals surface area (Å²) in [5.41, 5.74) is 8.56. The van der Waals surface area contributed by atoms with Crippen LogP contribution in [-0.2, 0) is 13.1 Å². The van der Waals surface area contributed by atoms with Crippen LogP contribution < -0.4 is 20.5 Å². The number of hydrogen-bond donors (Lipinski definition) is 3. The fourth-order valence-electron chi connectivity index (χ4n) is 8.55. The summed E-state index contributed by atoms with van der Waals surface area (Å²) < 4.78 is 14.9. The molecule has 0 aliphatic carbocycles. The van der Waals surface area contributed by atoms with E-state index in [0.29, 0.717) is 37.0 Å². The fourth-order valence-corrected chi connectivity index (χ4v) is 9.37. The van der Waals surface area contributed by atoms with Crippen LogP contribution in [0, 0.1) is 0 Å². The number of rotatable bonds is 10. The van der Waals surface area contributed by atoms with Crippen molar-refractivity contribution in [1.29, 1.82) is 0 Å². The molecule has 17 heteroatoms. The zero-order valence-corrected chi connectivity index (χ0v) is 41.7. The lowest BCUT2D eigenvalue weighted by Gasteiger charge is -2.36. The number of aromatic nitrogens is 3. The van der Waals surface area contributed by atoms with Crippen LogP contribution in [0.25, 0.3) is 0 Å². The Kier molecular flexibility index (Phi) is 18.9. The summed E-state index contributed by atoms with van der Waals surface area (Å²) in [5, 5.41) is 10.8. The van der Waals surface area contributed by atoms with Gasteiger partial charge >= 0.3 is 5.97 Å². The molecule has 0 spiro atoms. The van der Waals surface area contributed by atoms with E-state index in [2.05, 4.69) is 98.0 Å². The maximum Gasteiger partial charge on any atom is 0.354 e. The van der Waals surface area contributed by atoms with Gasteiger partial charge in [0.25, 0.3) is 11.1 Å². The molecule has 3 aromatic heterocycles. The number of carbonyl (C=O) groups is 3. The summed E-state index contributed by atoms with van der Waals surface area (Å²) >= 11 is 14.8. The van der Waals surface area contributed by atoms with Gasteiger partial charge in [0.2, 0.25) is 0 Å². The molecule has 6 atom stereocenters. The molecule has 13 nitrogen and oxygen atoms in total. The maximum atomic E-state index is 12.2. The summed E-state index contributed by atoms with van der Waals surface area (Å²) in [6.45, 7) is 1.03. The van der Waals surface area contributed by atoms with Crippen molar-refractivity contribution in [2.75, 3.05) is 14.1 Å². The molecule has 4 fully saturated rings. The van der Waals surface area contributed by atoms with Crippen molar-refractivity contribution < 1.29 is 29.0 Å². The van der Waals surface area contributed by atoms with Crippen molar-refractivity contribution in [3.05, 3.63) is 145 Å². The Bertz CT molecular complexity index is 2260. The third-order valence-corrected chi connectivity index (χ3v) is 13.6. The molecule has 4 aliphatic rings. The highest BCUT2D eigenvalue weighted by Crippen LogP contribution is 2.37. The van der Waals surface area contributed by atoms with Crippen molar-refractivity contribution in [1.82, 2.24) is 30.1 Å². The summed E-state index contributed by atoms with van der Waals surface area (Å²) in [5.74, 6) is 0.678. The predicted molar refractivity (Wildman–Crippen MR) is 261 cm³/mol. The normalized spacial score (nSPS) is 21.8. The van der Waals surface area contributed by atoms with E-state index >= 15 is 0 Å². The predicted octanol–water partition coefficient (Wildman–Crippen LogP) is 9.69. The molecule has 4 N–H and O–H groups in total. The first-order valence-corrected chi connectivity index (χ1v) is 24.2. The van der Waals surface area contributed by atoms with Gasteiger partial charge in [0.05, 0.1) is 0 Å². The van der Waals surface area contributed by atoms with E-state index in [1.54, 1.807) is 30.5 Å². The van der Waals surface area contributed by atoms with E-state index in [1.807, 2.05) is 48.5 Å². The van der Waals surface area contributed by atoms with Crippen LogP contribution in [0.3, 0.4) is 0 Å². The second kappa shape index (κ2) is 24.5. The van der Waals surface area contributed by atoms with E-state index in [0.717, 1.165) is 61.0 Å². The molecule has 7 heterocycles. The average Bonchev–Trinajstić information content (AvgIpc) is 3.60. The fraction of sp³-hybridized carbons (Fsp3) is 0.375. The lowest BCUT2D eigenvalue weighted by Crippen LogP contribution is -2.43. The Morgan fingerprint density at radius 2 is 1.08 bits per heavy atom. The first kappa shape index (κ1) is 50.1. The van der Waals surface area contributed by atoms with Crippen LogP contribution in [0.2, 0.25) is 0 Å². The Morgan fingerprint density at radius 1 is 0.662 bits per heavy atom. The number of halogens is 4. The minimum Gasteiger partial charge on any atom is -0.490 e. The van der Waals surface area contributed by atoms with Crippen molar-refractivity contribution in [2.24, 2.45) is 5.73 Å². The number of carbonyl (C=O) groups excluding carboxylic acids is 2. The molecule has 4 saturated heterocycles. The number of fused-ring (bicyclic) bond motifs is 4. The third kappa shape index (κ3) is 15.1. The van der Waals surface area contributed by atoms with Crippen LogP contribution in [0.15, 0.2) is 117 Å². The smallest absolute Gasteiger partial charge is 0.354 e. The zero-order chi connectivity index (χ0) is 46.5. The van der Waals surface area contributed by atoms with Gasteiger partial charge in [-0.15, -0.1) is 0 Å². The molecule has 5 aromatic rings. The minimum atomic E-state index is -1.01. The zero-order valence-electron chi connectivity index (χ0n) is 36.2. The first-order valence-electron chi connectivity index (χ1n) is 21.5. The standard InChI is InChI=1S/C21H24BrN3O2.C15H22N2O.C6H3BrClNO.C6H4BrNO2/c1-25-16-6-7-17(25)11-19(10-16)27-18-4-2-3-14(9-18)12-24-21(26)20-8-5-15(22)13-23-20;1-17-12-5-6-13(17)9-15(8-12)18-14-4-2-3-11(7-14)10-16;7-4-1-2-5(6(8)10)9-3-4;7-4-1-2-5(6(9)10)8-3-4/h2-5,8-9,13,16-17,19H,6-7,10-12H2,1H3,(H,24,26);2-4,7,12-13,15H,5-6,8-10,16H2,1H3;1-3H;1-3H,(H,9,10)/t16-,17+,19?;12-,13+,15?;;. The van der Waals surface area contributed by atoms with Crippen molar-refractivity contribution in [3.8, 4) is 11.5 Å². The molecule has 65 heavy (non-hydrogen) atoms. The number of nitrogens with one attached hydrogen (secondary N) is 1. The second-order valence-corrected chi connectivity index (χ2v) is 19.5. The number of nitrogens with zero attached hydrogens (tertiary/aromatic N) is 5. The van der Waals surface area contributed by atoms with Crippen LogP contribution >= 0.6 is 59.4 Å². The SMILES string of the molecule is CN1[C@@H]2CC[C@H]1CC(Oc1cccc(CN)c1)C2.CN1[C@@H]2CC[C@H]1CC(Oc1cccc(CNC(=O)c3ccc(Br)cn3)c1)C2.O=C(Cl)c1ccc(Br)cn1.O=C(O)c1ccc(Br)cn1. The molecule has 2 aromatic carbocycles. The van der Waals surface area contributed by atoms with Crippen LogP contribution in [0.4, 0.5) is 0 Å². The topological polar surface area (TPSA) is 173 Å². The van der Waals surface area contributed by atoms with Gasteiger partial charge in [-0.2, -0.15) is 0 Å². The average molecular weight is 1100 g/mol. The van der Waals surface area contributed by atoms with Crippen molar-refractivity contribution in [3.63, 3.8) is 0 Å². The van der Waals surface area contributed by atoms with Crippen LogP contribution in [0.5, 0.6) is 11.5 Å². The van der Waals surface area contributed by atoms with Gasteiger partial charge in [0.15, 0.2) is 0 Å². The number of hydrogen-bond acceptors (Lipinski definition) is 11. The number of piperidine rings is 2. The molecule has 0 saturated carbocycles. The number of carboxylic acid groups (broad SMARTS) is 1. The highest BCUT2D eigenvalue weighted by Gasteiger charge is 2.40. The molecule has 0 radical (unpaired) electrons. The highest BCUT2D eigenvalue weighted by atomic mass is 79.9. The number of benzene rings is 2. The summed E-state index contributed by atoms with van der Waals surface area (Å²) in [6.07, 6.45) is 15.0. The minimum absolute atomic E-state index is 0.0585. The number of carboxylic acids is 1. The molecule has 4 bridgehead atoms. The maximum absolute atomic E-state index is 12.2. The number of aromatic carboxylic acids is 1. The largest absolute Gasteiger partial charge is 0.490 e. The molecule has 344 valence electrons. The number of pyridine rings is 3. The van der Waals surface area contributed by atoms with Gasteiger partial charge in [-0.3, -0.25) is 14.6 Å². The van der Waals surface area contributed by atoms with E-state index in [-0.39, 0.29) is 23.4 Å². The summed E-state index contributed by atoms with van der Waals surface area (Å²) in [7, 11) is 4.50. The van der Waals surface area contributed by atoms with E-state index < -0.39 is 11.2 Å². The molecular weight excluding hydrogens is 1050 g/mol. The van der Waals surface area contributed by atoms with E-state index in [4.69, 9.17) is 31.9 Å². The van der Waals surface area contributed by atoms with Gasteiger partial charge in [0.1, 0.15) is 40.8 Å². The number of ether oxygens (including phenoxy) is 2. The van der Waals surface area contributed by atoms with E-state index in [1.165, 1.54) is 57.0 Å². The molecule has 1 amide bonds. The quantitative estimate of drug-likeness (QED) is 0.113. The summed E-state index contributed by atoms with van der Waals surface area (Å²) in [4.78, 5) is 49.5. The third-order valence-electron chi connectivity index (χ3n) is 12.0. The van der Waals surface area contributed by atoms with Gasteiger partial charge in [-0.1, -0.05) is 24.3 Å². The second-order valence-electron chi connectivity index (χ2n) is 16.4. The van der Waals surface area contributed by atoms with Crippen LogP contribution in [0.1, 0.15) is 94.0 Å². The first-order chi connectivity index (χ1) is 31.2. The van der Waals surface area contributed by atoms with Gasteiger partial charge < -0.3 is 35.4 Å². The monoisotopic (exact) mass is 1100 g/mol. The Morgan fingerprint density at radius 3 is 1.48 bits per heavy atom. The Hall–Kier alpha value is -4.29. The molecular formula is C48H53Br3ClN7O6. The Balaban J connectivity index is 0.000000158. The highest BCUT2D eigenvalue weighted by molar-refractivity contribution is 9.11. The Labute approximate surface area is 410 Å². The molecule has 9 rings (SSSR count).